The number of hydrogen-bond acceptors (Lipinski definition) is 2. The molecular weight excluding hydrogens is 198 g/mol. The van der Waals surface area contributed by atoms with Crippen molar-refractivity contribution in [3.8, 4) is 5.69 Å². The average molecular weight is 213 g/mol. The minimum absolute atomic E-state index is 0.829. The molecule has 1 N–H and O–H groups in total. The van der Waals surface area contributed by atoms with E-state index in [9.17, 15) is 0 Å². The minimum atomic E-state index is 0.829. The molecule has 0 spiro atoms. The van der Waals surface area contributed by atoms with Gasteiger partial charge in [0.2, 0.25) is 0 Å². The topological polar surface area (TPSA) is 29.9 Å². The lowest BCUT2D eigenvalue weighted by Crippen LogP contribution is -2.43. The van der Waals surface area contributed by atoms with Crippen LogP contribution < -0.4 is 5.32 Å². The molecule has 2 aromatic rings. The molecule has 82 valence electrons. The predicted octanol–water partition coefficient (Wildman–Crippen LogP) is 1.63. The van der Waals surface area contributed by atoms with Gasteiger partial charge in [0.15, 0.2) is 0 Å². The van der Waals surface area contributed by atoms with Crippen LogP contribution in [-0.2, 0) is 6.42 Å². The van der Waals surface area contributed by atoms with Gasteiger partial charge in [0.25, 0.3) is 0 Å². The van der Waals surface area contributed by atoms with Crippen molar-refractivity contribution in [1.29, 1.82) is 0 Å². The van der Waals surface area contributed by atoms with Crippen molar-refractivity contribution < 1.29 is 0 Å². The van der Waals surface area contributed by atoms with Crippen molar-refractivity contribution in [3.05, 3.63) is 48.3 Å². The zero-order valence-corrected chi connectivity index (χ0v) is 9.13. The van der Waals surface area contributed by atoms with E-state index in [1.54, 1.807) is 6.20 Å². The monoisotopic (exact) mass is 213 g/mol. The first kappa shape index (κ1) is 9.60. The Kier molecular flexibility index (Phi) is 2.46. The number of rotatable bonds is 3. The van der Waals surface area contributed by atoms with Crippen LogP contribution in [0.25, 0.3) is 5.69 Å². The molecule has 16 heavy (non-hydrogen) atoms. The highest BCUT2D eigenvalue weighted by Gasteiger charge is 2.16. The molecular formula is C13H15N3. The van der Waals surface area contributed by atoms with Gasteiger partial charge in [0.05, 0.1) is 5.69 Å². The number of nitrogens with zero attached hydrogens (tertiary/aromatic N) is 2. The van der Waals surface area contributed by atoms with Gasteiger partial charge in [-0.25, -0.2) is 4.68 Å². The van der Waals surface area contributed by atoms with Gasteiger partial charge >= 0.3 is 0 Å². The summed E-state index contributed by atoms with van der Waals surface area (Å²) in [4.78, 5) is 0. The molecule has 1 aliphatic heterocycles. The first-order valence-corrected chi connectivity index (χ1v) is 5.71. The fourth-order valence-corrected chi connectivity index (χ4v) is 2.03. The number of benzene rings is 1. The quantitative estimate of drug-likeness (QED) is 0.840. The Hall–Kier alpha value is -1.61. The Bertz CT molecular complexity index is 441. The normalized spacial score (nSPS) is 16.0. The second kappa shape index (κ2) is 4.10. The molecule has 1 aromatic carbocycles. The zero-order valence-electron chi connectivity index (χ0n) is 9.13. The first-order valence-electron chi connectivity index (χ1n) is 5.71. The number of nitrogens with one attached hydrogen (secondary N) is 1. The highest BCUT2D eigenvalue weighted by molar-refractivity contribution is 5.34. The Balaban J connectivity index is 1.74. The van der Waals surface area contributed by atoms with E-state index in [1.165, 1.54) is 25.1 Å². The van der Waals surface area contributed by atoms with Crippen LogP contribution in [0.3, 0.4) is 0 Å². The van der Waals surface area contributed by atoms with E-state index in [2.05, 4.69) is 34.7 Å². The van der Waals surface area contributed by atoms with E-state index in [0.717, 1.165) is 11.6 Å². The van der Waals surface area contributed by atoms with Gasteiger partial charge in [-0.05, 0) is 49.2 Å². The summed E-state index contributed by atoms with van der Waals surface area (Å²) in [5.41, 5.74) is 2.54. The molecule has 2 heterocycles. The van der Waals surface area contributed by atoms with Crippen LogP contribution in [0.5, 0.6) is 0 Å². The van der Waals surface area contributed by atoms with Crippen LogP contribution in [0.4, 0.5) is 0 Å². The fourth-order valence-electron chi connectivity index (χ4n) is 2.03. The van der Waals surface area contributed by atoms with Gasteiger partial charge in [-0.2, -0.15) is 5.10 Å². The van der Waals surface area contributed by atoms with Gasteiger partial charge in [-0.3, -0.25) is 0 Å². The second-order valence-electron chi connectivity index (χ2n) is 4.35. The van der Waals surface area contributed by atoms with Gasteiger partial charge in [0, 0.05) is 12.4 Å². The summed E-state index contributed by atoms with van der Waals surface area (Å²) >= 11 is 0. The van der Waals surface area contributed by atoms with Gasteiger partial charge in [-0.15, -0.1) is 0 Å². The van der Waals surface area contributed by atoms with Crippen LogP contribution in [-0.4, -0.2) is 22.9 Å². The zero-order chi connectivity index (χ0) is 10.8. The Morgan fingerprint density at radius 1 is 1.25 bits per heavy atom. The number of aromatic nitrogens is 2. The highest BCUT2D eigenvalue weighted by Crippen LogP contribution is 2.14. The van der Waals surface area contributed by atoms with Gasteiger partial charge < -0.3 is 5.32 Å². The molecule has 0 amide bonds. The molecule has 3 rings (SSSR count). The summed E-state index contributed by atoms with van der Waals surface area (Å²) in [5.74, 6) is 0.829. The molecule has 1 fully saturated rings. The van der Waals surface area contributed by atoms with E-state index < -0.39 is 0 Å². The third-order valence-corrected chi connectivity index (χ3v) is 3.10. The van der Waals surface area contributed by atoms with Crippen molar-refractivity contribution in [1.82, 2.24) is 15.1 Å². The van der Waals surface area contributed by atoms with Crippen molar-refractivity contribution >= 4 is 0 Å². The molecule has 1 saturated heterocycles. The van der Waals surface area contributed by atoms with Crippen LogP contribution in [0.15, 0.2) is 42.7 Å². The van der Waals surface area contributed by atoms with Crippen LogP contribution >= 0.6 is 0 Å². The summed E-state index contributed by atoms with van der Waals surface area (Å²) < 4.78 is 1.88. The summed E-state index contributed by atoms with van der Waals surface area (Å²) in [6, 6.07) is 10.6. The van der Waals surface area contributed by atoms with Crippen molar-refractivity contribution in [2.75, 3.05) is 13.1 Å². The highest BCUT2D eigenvalue weighted by atomic mass is 15.3. The molecule has 0 atom stereocenters. The molecule has 0 unspecified atom stereocenters. The smallest absolute Gasteiger partial charge is 0.0645 e. The third-order valence-electron chi connectivity index (χ3n) is 3.10. The van der Waals surface area contributed by atoms with Crippen LogP contribution in [0, 0.1) is 5.92 Å². The van der Waals surface area contributed by atoms with Crippen molar-refractivity contribution in [2.45, 2.75) is 6.42 Å². The van der Waals surface area contributed by atoms with E-state index >= 15 is 0 Å². The lowest BCUT2D eigenvalue weighted by atomic mass is 9.94. The molecule has 3 nitrogen and oxygen atoms in total. The van der Waals surface area contributed by atoms with E-state index in [0.29, 0.717) is 0 Å². The number of hydrogen-bond donors (Lipinski definition) is 1. The molecule has 0 bridgehead atoms. The summed E-state index contributed by atoms with van der Waals surface area (Å²) in [6.45, 7) is 2.34. The lowest BCUT2D eigenvalue weighted by Gasteiger charge is -2.27. The Labute approximate surface area is 95.1 Å². The average Bonchev–Trinajstić information content (AvgIpc) is 2.78. The Morgan fingerprint density at radius 3 is 2.62 bits per heavy atom. The van der Waals surface area contributed by atoms with E-state index in [-0.39, 0.29) is 0 Å². The van der Waals surface area contributed by atoms with E-state index in [1.807, 2.05) is 16.9 Å². The molecule has 0 saturated carbocycles. The van der Waals surface area contributed by atoms with Crippen LogP contribution in [0.1, 0.15) is 5.56 Å². The third kappa shape index (κ3) is 1.86. The van der Waals surface area contributed by atoms with Crippen LogP contribution in [0.2, 0.25) is 0 Å². The Morgan fingerprint density at radius 2 is 2.06 bits per heavy atom. The molecule has 0 aliphatic carbocycles. The summed E-state index contributed by atoms with van der Waals surface area (Å²) in [5, 5.41) is 7.51. The molecule has 3 heteroatoms. The lowest BCUT2D eigenvalue weighted by molar-refractivity contribution is 0.346. The molecule has 0 radical (unpaired) electrons. The summed E-state index contributed by atoms with van der Waals surface area (Å²) in [7, 11) is 0. The second-order valence-corrected chi connectivity index (χ2v) is 4.35. The van der Waals surface area contributed by atoms with Gasteiger partial charge in [-0.1, -0.05) is 12.1 Å². The molecule has 1 aliphatic rings. The SMILES string of the molecule is c1cnn(-c2ccc(CC3CNC3)cc2)c1. The summed E-state index contributed by atoms with van der Waals surface area (Å²) in [6.07, 6.45) is 4.95. The maximum Gasteiger partial charge on any atom is 0.0645 e. The largest absolute Gasteiger partial charge is 0.316 e. The van der Waals surface area contributed by atoms with Gasteiger partial charge in [0.1, 0.15) is 0 Å². The maximum atomic E-state index is 4.21. The standard InChI is InChI=1S/C13H15N3/c1-6-15-16(7-1)13-4-2-11(3-5-13)8-12-9-14-10-12/h1-7,12,14H,8-10H2. The van der Waals surface area contributed by atoms with Crippen molar-refractivity contribution in [2.24, 2.45) is 5.92 Å². The first-order chi connectivity index (χ1) is 7.92. The minimum Gasteiger partial charge on any atom is -0.316 e. The van der Waals surface area contributed by atoms with Crippen molar-refractivity contribution in [3.63, 3.8) is 0 Å². The maximum absolute atomic E-state index is 4.21. The molecule has 1 aromatic heterocycles. The predicted molar refractivity (Wildman–Crippen MR) is 63.6 cm³/mol. The fraction of sp³-hybridized carbons (Fsp3) is 0.308. The van der Waals surface area contributed by atoms with E-state index in [4.69, 9.17) is 0 Å².